The van der Waals surface area contributed by atoms with E-state index in [9.17, 15) is 0 Å². The molecule has 1 saturated heterocycles. The predicted molar refractivity (Wildman–Crippen MR) is 110 cm³/mol. The van der Waals surface area contributed by atoms with Gasteiger partial charge in [-0.1, -0.05) is 54.1 Å². The van der Waals surface area contributed by atoms with Gasteiger partial charge in [0.25, 0.3) is 0 Å². The van der Waals surface area contributed by atoms with Crippen LogP contribution in [0.15, 0.2) is 60.2 Å². The molecule has 2 nitrogen and oxygen atoms in total. The van der Waals surface area contributed by atoms with E-state index in [0.29, 0.717) is 6.04 Å². The van der Waals surface area contributed by atoms with Crippen molar-refractivity contribution in [3.8, 4) is 0 Å². The molecule has 26 heavy (non-hydrogen) atoms. The minimum absolute atomic E-state index is 0.359. The molecule has 0 spiro atoms. The van der Waals surface area contributed by atoms with E-state index in [0.717, 1.165) is 24.0 Å². The van der Waals surface area contributed by atoms with Crippen LogP contribution in [-0.2, 0) is 0 Å². The number of nitrogens with one attached hydrogen (secondary N) is 2. The highest BCUT2D eigenvalue weighted by Gasteiger charge is 2.25. The maximum absolute atomic E-state index is 6.10. The minimum atomic E-state index is 0.359. The highest BCUT2D eigenvalue weighted by molar-refractivity contribution is 6.30. The van der Waals surface area contributed by atoms with Crippen LogP contribution >= 0.6 is 11.6 Å². The van der Waals surface area contributed by atoms with Crippen LogP contribution in [0.4, 0.5) is 0 Å². The van der Waals surface area contributed by atoms with Gasteiger partial charge in [0.1, 0.15) is 0 Å². The van der Waals surface area contributed by atoms with E-state index in [1.807, 2.05) is 12.1 Å². The number of allylic oxidation sites excluding steroid dienone is 1. The summed E-state index contributed by atoms with van der Waals surface area (Å²) in [5, 5.41) is 8.21. The molecule has 1 unspecified atom stereocenters. The Labute approximate surface area is 161 Å². The van der Waals surface area contributed by atoms with Crippen LogP contribution in [0.2, 0.25) is 5.02 Å². The fourth-order valence-electron chi connectivity index (χ4n) is 3.91. The highest BCUT2D eigenvalue weighted by Crippen LogP contribution is 2.38. The standard InChI is InChI=1S/C23H27ClN2/c24-21-10-8-20(9-11-21)23(19-6-7-19)26-22(18-4-2-1-3-5-18)16-17-12-14-25-15-13-17/h1-5,8-11,17,22,25-26H,6-7,12-16H2. The Morgan fingerprint density at radius 1 is 1.00 bits per heavy atom. The summed E-state index contributed by atoms with van der Waals surface area (Å²) >= 11 is 6.10. The number of rotatable bonds is 6. The van der Waals surface area contributed by atoms with Gasteiger partial charge in [0, 0.05) is 10.7 Å². The normalized spacial score (nSPS) is 18.4. The largest absolute Gasteiger partial charge is 0.378 e. The van der Waals surface area contributed by atoms with Crippen molar-refractivity contribution in [1.82, 2.24) is 10.6 Å². The lowest BCUT2D eigenvalue weighted by atomic mass is 9.88. The Hall–Kier alpha value is -1.77. The second-order valence-electron chi connectivity index (χ2n) is 7.52. The van der Waals surface area contributed by atoms with Crippen molar-refractivity contribution in [2.75, 3.05) is 13.1 Å². The van der Waals surface area contributed by atoms with Gasteiger partial charge < -0.3 is 10.6 Å². The molecule has 2 aliphatic rings. The number of hydrogen-bond donors (Lipinski definition) is 2. The second-order valence-corrected chi connectivity index (χ2v) is 7.96. The Kier molecular flexibility index (Phi) is 5.62. The first-order valence-electron chi connectivity index (χ1n) is 9.80. The lowest BCUT2D eigenvalue weighted by Gasteiger charge is -2.29. The molecule has 4 rings (SSSR count). The Balaban J connectivity index is 1.58. The van der Waals surface area contributed by atoms with Crippen molar-refractivity contribution in [3.63, 3.8) is 0 Å². The number of halogens is 1. The summed E-state index contributed by atoms with van der Waals surface area (Å²) in [6.45, 7) is 2.30. The molecule has 0 bridgehead atoms. The molecular weight excluding hydrogens is 340 g/mol. The van der Waals surface area contributed by atoms with E-state index >= 15 is 0 Å². The van der Waals surface area contributed by atoms with Crippen molar-refractivity contribution in [1.29, 1.82) is 0 Å². The van der Waals surface area contributed by atoms with Gasteiger partial charge in [0.05, 0.1) is 6.04 Å². The quantitative estimate of drug-likeness (QED) is 0.698. The molecule has 2 N–H and O–H groups in total. The van der Waals surface area contributed by atoms with Crippen molar-refractivity contribution < 1.29 is 0 Å². The summed E-state index contributed by atoms with van der Waals surface area (Å²) < 4.78 is 0. The number of piperidine rings is 1. The first-order chi connectivity index (χ1) is 12.8. The smallest absolute Gasteiger partial charge is 0.0516 e. The van der Waals surface area contributed by atoms with Crippen LogP contribution in [0.3, 0.4) is 0 Å². The Bertz CT molecular complexity index is 740. The van der Waals surface area contributed by atoms with Gasteiger partial charge in [-0.2, -0.15) is 0 Å². The van der Waals surface area contributed by atoms with Gasteiger partial charge in [-0.25, -0.2) is 0 Å². The van der Waals surface area contributed by atoms with Crippen molar-refractivity contribution >= 4 is 17.3 Å². The van der Waals surface area contributed by atoms with Crippen LogP contribution in [0.25, 0.3) is 5.70 Å². The number of benzene rings is 2. The highest BCUT2D eigenvalue weighted by atomic mass is 35.5. The molecule has 1 saturated carbocycles. The molecule has 1 atom stereocenters. The minimum Gasteiger partial charge on any atom is -0.378 e. The maximum Gasteiger partial charge on any atom is 0.0516 e. The van der Waals surface area contributed by atoms with E-state index in [2.05, 4.69) is 53.1 Å². The zero-order chi connectivity index (χ0) is 17.8. The number of hydrogen-bond acceptors (Lipinski definition) is 2. The van der Waals surface area contributed by atoms with Crippen molar-refractivity contribution in [3.05, 3.63) is 76.3 Å². The lowest BCUT2D eigenvalue weighted by molar-refractivity contribution is 0.323. The van der Waals surface area contributed by atoms with Gasteiger partial charge in [0.15, 0.2) is 0 Å². The maximum atomic E-state index is 6.10. The average molecular weight is 367 g/mol. The topological polar surface area (TPSA) is 24.1 Å². The predicted octanol–water partition coefficient (Wildman–Crippen LogP) is 5.57. The van der Waals surface area contributed by atoms with Crippen LogP contribution < -0.4 is 10.6 Å². The molecule has 3 heteroatoms. The van der Waals surface area contributed by atoms with Gasteiger partial charge in [-0.3, -0.25) is 0 Å². The molecule has 0 amide bonds. The lowest BCUT2D eigenvalue weighted by Crippen LogP contribution is -2.31. The SMILES string of the molecule is Clc1ccc(C(NC(CC2CCNCC2)c2ccccc2)=C2CC2)cc1. The zero-order valence-corrected chi connectivity index (χ0v) is 15.9. The Morgan fingerprint density at radius 2 is 1.69 bits per heavy atom. The van der Waals surface area contributed by atoms with E-state index in [1.165, 1.54) is 48.9 Å². The van der Waals surface area contributed by atoms with Gasteiger partial charge in [-0.05, 0) is 79.9 Å². The van der Waals surface area contributed by atoms with Gasteiger partial charge >= 0.3 is 0 Å². The third kappa shape index (κ3) is 4.49. The van der Waals surface area contributed by atoms with Crippen LogP contribution in [0.1, 0.15) is 49.3 Å². The van der Waals surface area contributed by atoms with Crippen molar-refractivity contribution in [2.45, 2.75) is 38.1 Å². The first kappa shape index (κ1) is 17.6. The van der Waals surface area contributed by atoms with Crippen molar-refractivity contribution in [2.24, 2.45) is 5.92 Å². The van der Waals surface area contributed by atoms with Crippen LogP contribution in [0.5, 0.6) is 0 Å². The molecule has 136 valence electrons. The van der Waals surface area contributed by atoms with E-state index in [4.69, 9.17) is 11.6 Å². The molecule has 2 aromatic rings. The molecular formula is C23H27ClN2. The van der Waals surface area contributed by atoms with Gasteiger partial charge in [0.2, 0.25) is 0 Å². The third-order valence-electron chi connectivity index (χ3n) is 5.53. The summed E-state index contributed by atoms with van der Waals surface area (Å²) in [5.41, 5.74) is 5.51. The Morgan fingerprint density at radius 3 is 2.35 bits per heavy atom. The monoisotopic (exact) mass is 366 g/mol. The van der Waals surface area contributed by atoms with E-state index in [-0.39, 0.29) is 0 Å². The summed E-state index contributed by atoms with van der Waals surface area (Å²) in [6.07, 6.45) is 6.16. The van der Waals surface area contributed by atoms with Gasteiger partial charge in [-0.15, -0.1) is 0 Å². The molecule has 1 aliphatic heterocycles. The fourth-order valence-corrected chi connectivity index (χ4v) is 4.03. The van der Waals surface area contributed by atoms with E-state index < -0.39 is 0 Å². The second kappa shape index (κ2) is 8.28. The molecule has 2 aromatic carbocycles. The third-order valence-corrected chi connectivity index (χ3v) is 5.79. The molecule has 0 aromatic heterocycles. The summed E-state index contributed by atoms with van der Waals surface area (Å²) in [4.78, 5) is 0. The first-order valence-corrected chi connectivity index (χ1v) is 10.2. The van der Waals surface area contributed by atoms with E-state index in [1.54, 1.807) is 5.57 Å². The molecule has 1 aliphatic carbocycles. The molecule has 0 radical (unpaired) electrons. The van der Waals surface area contributed by atoms with Crippen LogP contribution in [0, 0.1) is 5.92 Å². The van der Waals surface area contributed by atoms with Crippen LogP contribution in [-0.4, -0.2) is 13.1 Å². The summed E-state index contributed by atoms with van der Waals surface area (Å²) in [7, 11) is 0. The molecule has 1 heterocycles. The summed E-state index contributed by atoms with van der Waals surface area (Å²) in [5.74, 6) is 0.782. The zero-order valence-electron chi connectivity index (χ0n) is 15.2. The average Bonchev–Trinajstić information content (AvgIpc) is 3.53. The molecule has 2 fully saturated rings. The fraction of sp³-hybridized carbons (Fsp3) is 0.391. The summed E-state index contributed by atoms with van der Waals surface area (Å²) in [6, 6.07) is 19.6.